The minimum atomic E-state index is -0.365. The number of methoxy groups -OCH3 is 1. The quantitative estimate of drug-likeness (QED) is 0.446. The first-order valence-electron chi connectivity index (χ1n) is 12.8. The Labute approximate surface area is 217 Å². The Morgan fingerprint density at radius 3 is 2.65 bits per heavy atom. The van der Waals surface area contributed by atoms with Gasteiger partial charge >= 0.3 is 0 Å². The zero-order valence-electron chi connectivity index (χ0n) is 21.6. The number of likely N-dealkylation sites (tertiary alicyclic amines) is 1. The van der Waals surface area contributed by atoms with Crippen molar-refractivity contribution in [3.63, 3.8) is 0 Å². The molecule has 2 aliphatic heterocycles. The maximum absolute atomic E-state index is 15.2. The van der Waals surface area contributed by atoms with Crippen LogP contribution in [0.15, 0.2) is 54.5 Å². The first-order valence-corrected chi connectivity index (χ1v) is 12.8. The SMILES string of the molecule is COc1cc(/C=C2\CCCN(C(C)c3ccc(N4CCOCC4)cc3F)C2=O)ccc1-n1cnc(C)c1. The van der Waals surface area contributed by atoms with Crippen LogP contribution in [0.1, 0.15) is 42.6 Å². The number of hydrogen-bond donors (Lipinski definition) is 0. The van der Waals surface area contributed by atoms with Gasteiger partial charge in [0.2, 0.25) is 5.91 Å². The summed E-state index contributed by atoms with van der Waals surface area (Å²) in [6.45, 7) is 7.24. The largest absolute Gasteiger partial charge is 0.495 e. The van der Waals surface area contributed by atoms with E-state index in [1.165, 1.54) is 0 Å². The minimum Gasteiger partial charge on any atom is -0.495 e. The molecular weight excluding hydrogens is 471 g/mol. The molecule has 8 heteroatoms. The third-order valence-electron chi connectivity index (χ3n) is 7.19. The van der Waals surface area contributed by atoms with Gasteiger partial charge in [-0.2, -0.15) is 0 Å². The Kier molecular flexibility index (Phi) is 7.28. The molecule has 3 heterocycles. The Bertz CT molecular complexity index is 1310. The number of anilines is 1. The summed E-state index contributed by atoms with van der Waals surface area (Å²) >= 11 is 0. The third-order valence-corrected chi connectivity index (χ3v) is 7.19. The van der Waals surface area contributed by atoms with Crippen molar-refractivity contribution in [2.75, 3.05) is 44.9 Å². The predicted molar refractivity (Wildman–Crippen MR) is 142 cm³/mol. The summed E-state index contributed by atoms with van der Waals surface area (Å²) in [6.07, 6.45) is 7.13. The van der Waals surface area contributed by atoms with Crippen LogP contribution in [-0.4, -0.2) is 60.3 Å². The van der Waals surface area contributed by atoms with E-state index in [0.29, 0.717) is 37.5 Å². The van der Waals surface area contributed by atoms with Crippen LogP contribution >= 0.6 is 0 Å². The van der Waals surface area contributed by atoms with Gasteiger partial charge in [0.25, 0.3) is 0 Å². The van der Waals surface area contributed by atoms with E-state index >= 15 is 4.39 Å². The molecule has 37 heavy (non-hydrogen) atoms. The van der Waals surface area contributed by atoms with Gasteiger partial charge in [0.05, 0.1) is 44.1 Å². The molecule has 0 bridgehead atoms. The minimum absolute atomic E-state index is 0.0521. The summed E-state index contributed by atoms with van der Waals surface area (Å²) in [4.78, 5) is 21.7. The molecule has 5 rings (SSSR count). The summed E-state index contributed by atoms with van der Waals surface area (Å²) in [5, 5.41) is 0. The van der Waals surface area contributed by atoms with Crippen LogP contribution < -0.4 is 9.64 Å². The highest BCUT2D eigenvalue weighted by Gasteiger charge is 2.29. The van der Waals surface area contributed by atoms with Gasteiger partial charge in [-0.25, -0.2) is 9.37 Å². The number of aryl methyl sites for hydroxylation is 1. The Morgan fingerprint density at radius 1 is 1.14 bits per heavy atom. The normalized spacial score (nSPS) is 18.4. The number of piperidine rings is 1. The molecule has 3 aromatic rings. The molecular formula is C29H33FN4O3. The molecule has 2 saturated heterocycles. The van der Waals surface area contributed by atoms with Gasteiger partial charge in [-0.15, -0.1) is 0 Å². The van der Waals surface area contributed by atoms with Crippen LogP contribution in [0.5, 0.6) is 5.75 Å². The van der Waals surface area contributed by atoms with Gasteiger partial charge in [0.1, 0.15) is 11.6 Å². The summed E-state index contributed by atoms with van der Waals surface area (Å²) in [6, 6.07) is 10.8. The summed E-state index contributed by atoms with van der Waals surface area (Å²) in [5.74, 6) is 0.363. The van der Waals surface area contributed by atoms with Crippen molar-refractivity contribution < 1.29 is 18.7 Å². The van der Waals surface area contributed by atoms with Gasteiger partial charge in [0, 0.05) is 42.7 Å². The molecule has 194 valence electrons. The number of amides is 1. The molecule has 0 N–H and O–H groups in total. The molecule has 0 spiro atoms. The zero-order valence-corrected chi connectivity index (χ0v) is 21.6. The zero-order chi connectivity index (χ0) is 25.9. The second kappa shape index (κ2) is 10.8. The fraction of sp³-hybridized carbons (Fsp3) is 0.379. The van der Waals surface area contributed by atoms with Crippen molar-refractivity contribution in [3.05, 3.63) is 77.1 Å². The molecule has 1 aromatic heterocycles. The van der Waals surface area contributed by atoms with Crippen molar-refractivity contribution in [2.24, 2.45) is 0 Å². The average molecular weight is 505 g/mol. The molecule has 2 fully saturated rings. The molecule has 1 amide bonds. The smallest absolute Gasteiger partial charge is 0.250 e. The molecule has 7 nitrogen and oxygen atoms in total. The van der Waals surface area contributed by atoms with Gasteiger partial charge in [-0.05, 0) is 62.6 Å². The molecule has 2 aliphatic rings. The van der Waals surface area contributed by atoms with E-state index in [-0.39, 0.29) is 17.8 Å². The lowest BCUT2D eigenvalue weighted by Gasteiger charge is -2.35. The van der Waals surface area contributed by atoms with E-state index in [0.717, 1.165) is 47.7 Å². The number of halogens is 1. The fourth-order valence-corrected chi connectivity index (χ4v) is 5.13. The number of hydrogen-bond acceptors (Lipinski definition) is 5. The van der Waals surface area contributed by atoms with Crippen LogP contribution in [0.3, 0.4) is 0 Å². The predicted octanol–water partition coefficient (Wildman–Crippen LogP) is 4.93. The van der Waals surface area contributed by atoms with E-state index in [4.69, 9.17) is 9.47 Å². The molecule has 1 atom stereocenters. The lowest BCUT2D eigenvalue weighted by Crippen LogP contribution is -2.39. The Hall–Kier alpha value is -3.65. The number of aromatic nitrogens is 2. The standard InChI is InChI=1S/C29H33FN4O3/c1-20-18-33(19-31-20)27-9-6-22(16-28(27)36-3)15-23-5-4-10-34(29(23)35)21(2)25-8-7-24(17-26(25)30)32-11-13-37-14-12-32/h6-9,15-19,21H,4-5,10-14H2,1-3H3/b23-15+. The number of nitrogens with zero attached hydrogens (tertiary/aromatic N) is 4. The number of carbonyl (C=O) groups is 1. The summed E-state index contributed by atoms with van der Waals surface area (Å²) < 4.78 is 28.2. The maximum atomic E-state index is 15.2. The topological polar surface area (TPSA) is 59.8 Å². The van der Waals surface area contributed by atoms with E-state index < -0.39 is 0 Å². The van der Waals surface area contributed by atoms with Crippen LogP contribution in [-0.2, 0) is 9.53 Å². The number of rotatable bonds is 6. The lowest BCUT2D eigenvalue weighted by molar-refractivity contribution is -0.130. The number of benzene rings is 2. The van der Waals surface area contributed by atoms with Crippen molar-refractivity contribution in [1.82, 2.24) is 14.5 Å². The first-order chi connectivity index (χ1) is 17.9. The maximum Gasteiger partial charge on any atom is 0.250 e. The van der Waals surface area contributed by atoms with Gasteiger partial charge in [-0.3, -0.25) is 4.79 Å². The van der Waals surface area contributed by atoms with Gasteiger partial charge < -0.3 is 23.8 Å². The highest BCUT2D eigenvalue weighted by molar-refractivity contribution is 5.98. The molecule has 0 aliphatic carbocycles. The second-order valence-electron chi connectivity index (χ2n) is 9.61. The lowest BCUT2D eigenvalue weighted by atomic mass is 9.97. The van der Waals surface area contributed by atoms with Crippen molar-refractivity contribution in [1.29, 1.82) is 0 Å². The van der Waals surface area contributed by atoms with Crippen LogP contribution in [0.2, 0.25) is 0 Å². The van der Waals surface area contributed by atoms with Crippen molar-refractivity contribution >= 4 is 17.7 Å². The fourth-order valence-electron chi connectivity index (χ4n) is 5.13. The summed E-state index contributed by atoms with van der Waals surface area (Å²) in [7, 11) is 1.63. The third kappa shape index (κ3) is 5.25. The van der Waals surface area contributed by atoms with Crippen LogP contribution in [0.25, 0.3) is 11.8 Å². The van der Waals surface area contributed by atoms with E-state index in [1.807, 2.05) is 61.0 Å². The van der Waals surface area contributed by atoms with E-state index in [2.05, 4.69) is 9.88 Å². The molecule has 1 unspecified atom stereocenters. The number of morpholine rings is 1. The van der Waals surface area contributed by atoms with Crippen molar-refractivity contribution in [3.8, 4) is 11.4 Å². The highest BCUT2D eigenvalue weighted by Crippen LogP contribution is 2.32. The van der Waals surface area contributed by atoms with E-state index in [9.17, 15) is 4.79 Å². The number of carbonyl (C=O) groups excluding carboxylic acids is 1. The van der Waals surface area contributed by atoms with Gasteiger partial charge in [0.15, 0.2) is 0 Å². The first kappa shape index (κ1) is 25.0. The highest BCUT2D eigenvalue weighted by atomic mass is 19.1. The Balaban J connectivity index is 1.35. The average Bonchev–Trinajstić information content (AvgIpc) is 3.35. The van der Waals surface area contributed by atoms with E-state index in [1.54, 1.807) is 24.4 Å². The molecule has 2 aromatic carbocycles. The monoisotopic (exact) mass is 504 g/mol. The summed E-state index contributed by atoms with van der Waals surface area (Å²) in [5.41, 5.74) is 4.79. The molecule has 0 radical (unpaired) electrons. The van der Waals surface area contributed by atoms with Crippen molar-refractivity contribution in [2.45, 2.75) is 32.7 Å². The van der Waals surface area contributed by atoms with Crippen LogP contribution in [0.4, 0.5) is 10.1 Å². The number of imidazole rings is 1. The number of ether oxygens (including phenoxy) is 2. The Morgan fingerprint density at radius 2 is 1.95 bits per heavy atom. The van der Waals surface area contributed by atoms with Crippen LogP contribution in [0, 0.1) is 12.7 Å². The molecule has 0 saturated carbocycles. The van der Waals surface area contributed by atoms with Gasteiger partial charge in [-0.1, -0.05) is 12.1 Å². The second-order valence-corrected chi connectivity index (χ2v) is 9.61.